The number of ether oxygens (including phenoxy) is 1. The number of thiazole rings is 1. The Kier molecular flexibility index (Phi) is 4.62. The lowest BCUT2D eigenvalue weighted by Crippen LogP contribution is -1.98. The summed E-state index contributed by atoms with van der Waals surface area (Å²) >= 11 is 7.12. The largest absolute Gasteiger partial charge is 0.465 e. The van der Waals surface area contributed by atoms with E-state index in [4.69, 9.17) is 11.6 Å². The molecule has 0 atom stereocenters. The van der Waals surface area contributed by atoms with Crippen LogP contribution in [0.2, 0.25) is 5.15 Å². The molecule has 1 aromatic carbocycles. The van der Waals surface area contributed by atoms with Crippen LogP contribution in [0.15, 0.2) is 24.3 Å². The Labute approximate surface area is 126 Å². The van der Waals surface area contributed by atoms with Crippen LogP contribution in [-0.4, -0.2) is 18.1 Å². The van der Waals surface area contributed by atoms with Crippen molar-refractivity contribution in [1.82, 2.24) is 4.98 Å². The molecule has 0 unspecified atom stereocenters. The molecule has 6 heteroatoms. The predicted octanol–water partition coefficient (Wildman–Crippen LogP) is 4.45. The Morgan fingerprint density at radius 1 is 1.40 bits per heavy atom. The van der Waals surface area contributed by atoms with Crippen LogP contribution >= 0.6 is 22.9 Å². The van der Waals surface area contributed by atoms with Crippen LogP contribution in [-0.2, 0) is 4.74 Å². The summed E-state index contributed by atoms with van der Waals surface area (Å²) in [5.41, 5.74) is 2.14. The third-order valence-electron chi connectivity index (χ3n) is 2.78. The van der Waals surface area contributed by atoms with Gasteiger partial charge in [-0.1, -0.05) is 55.0 Å². The number of nitrogens with one attached hydrogen (secondary N) is 1. The van der Waals surface area contributed by atoms with Crippen LogP contribution in [0, 0.1) is 0 Å². The average molecular weight is 311 g/mol. The van der Waals surface area contributed by atoms with E-state index in [0.29, 0.717) is 15.9 Å². The van der Waals surface area contributed by atoms with E-state index >= 15 is 0 Å². The maximum absolute atomic E-state index is 11.5. The van der Waals surface area contributed by atoms with Crippen molar-refractivity contribution in [2.75, 3.05) is 12.4 Å². The van der Waals surface area contributed by atoms with Gasteiger partial charge in [-0.3, -0.25) is 0 Å². The molecule has 0 bridgehead atoms. The Morgan fingerprint density at radius 2 is 2.10 bits per heavy atom. The van der Waals surface area contributed by atoms with Gasteiger partial charge in [0.25, 0.3) is 0 Å². The van der Waals surface area contributed by atoms with Crippen molar-refractivity contribution in [2.24, 2.45) is 0 Å². The summed E-state index contributed by atoms with van der Waals surface area (Å²) in [6, 6.07) is 7.98. The molecule has 1 N–H and O–H groups in total. The quantitative estimate of drug-likeness (QED) is 0.848. The fourth-order valence-electron chi connectivity index (χ4n) is 1.80. The van der Waals surface area contributed by atoms with E-state index in [0.717, 1.165) is 5.69 Å². The van der Waals surface area contributed by atoms with Crippen LogP contribution in [0.1, 0.15) is 35.0 Å². The maximum atomic E-state index is 11.5. The van der Waals surface area contributed by atoms with E-state index in [2.05, 4.69) is 35.0 Å². The average Bonchev–Trinajstić information content (AvgIpc) is 2.79. The van der Waals surface area contributed by atoms with Crippen LogP contribution in [0.3, 0.4) is 0 Å². The third-order valence-corrected chi connectivity index (χ3v) is 4.12. The molecule has 0 fully saturated rings. The van der Waals surface area contributed by atoms with Gasteiger partial charge < -0.3 is 10.1 Å². The second-order valence-electron chi connectivity index (χ2n) is 4.50. The van der Waals surface area contributed by atoms with E-state index in [9.17, 15) is 4.79 Å². The molecule has 2 aromatic rings. The van der Waals surface area contributed by atoms with Crippen molar-refractivity contribution in [1.29, 1.82) is 0 Å². The van der Waals surface area contributed by atoms with Gasteiger partial charge in [-0.2, -0.15) is 0 Å². The number of benzene rings is 1. The van der Waals surface area contributed by atoms with Crippen molar-refractivity contribution in [3.8, 4) is 0 Å². The molecule has 106 valence electrons. The summed E-state index contributed by atoms with van der Waals surface area (Å²) < 4.78 is 4.66. The summed E-state index contributed by atoms with van der Waals surface area (Å²) in [7, 11) is 1.32. The topological polar surface area (TPSA) is 51.2 Å². The van der Waals surface area contributed by atoms with Crippen LogP contribution in [0.4, 0.5) is 10.8 Å². The van der Waals surface area contributed by atoms with Crippen molar-refractivity contribution in [3.05, 3.63) is 39.9 Å². The molecule has 20 heavy (non-hydrogen) atoms. The number of hydrogen-bond donors (Lipinski definition) is 1. The van der Waals surface area contributed by atoms with Gasteiger partial charge >= 0.3 is 5.97 Å². The lowest BCUT2D eigenvalue weighted by Gasteiger charge is -2.12. The zero-order valence-electron chi connectivity index (χ0n) is 11.4. The molecule has 0 aliphatic heterocycles. The van der Waals surface area contributed by atoms with Gasteiger partial charge in [0.2, 0.25) is 0 Å². The number of hydrogen-bond acceptors (Lipinski definition) is 5. The Balaban J connectivity index is 2.29. The minimum absolute atomic E-state index is 0.159. The van der Waals surface area contributed by atoms with E-state index in [-0.39, 0.29) is 5.15 Å². The van der Waals surface area contributed by atoms with Gasteiger partial charge in [-0.25, -0.2) is 9.78 Å². The van der Waals surface area contributed by atoms with E-state index < -0.39 is 5.97 Å². The van der Waals surface area contributed by atoms with E-state index in [1.54, 1.807) is 0 Å². The normalized spacial score (nSPS) is 10.7. The van der Waals surface area contributed by atoms with Crippen LogP contribution < -0.4 is 5.32 Å². The highest BCUT2D eigenvalue weighted by Gasteiger charge is 2.18. The molecular weight excluding hydrogens is 296 g/mol. The SMILES string of the molecule is COC(=O)c1sc(Nc2ccccc2C(C)C)nc1Cl. The first kappa shape index (κ1) is 14.8. The molecule has 0 aliphatic carbocycles. The molecule has 0 spiro atoms. The number of aromatic nitrogens is 1. The number of esters is 1. The summed E-state index contributed by atoms with van der Waals surface area (Å²) in [4.78, 5) is 16.0. The van der Waals surface area contributed by atoms with Gasteiger partial charge in [0.1, 0.15) is 0 Å². The summed E-state index contributed by atoms with van der Waals surface area (Å²) in [6.45, 7) is 4.24. The first-order chi connectivity index (χ1) is 9.52. The minimum Gasteiger partial charge on any atom is -0.465 e. The van der Waals surface area contributed by atoms with Gasteiger partial charge in [-0.05, 0) is 17.5 Å². The standard InChI is InChI=1S/C14H15ClN2O2S/c1-8(2)9-6-4-5-7-10(9)16-14-17-12(15)11(20-14)13(18)19-3/h4-8H,1-3H3,(H,16,17). The predicted molar refractivity (Wildman–Crippen MR) is 82.3 cm³/mol. The highest BCUT2D eigenvalue weighted by atomic mass is 35.5. The van der Waals surface area contributed by atoms with Crippen molar-refractivity contribution < 1.29 is 9.53 Å². The van der Waals surface area contributed by atoms with Gasteiger partial charge in [0.15, 0.2) is 15.2 Å². The first-order valence-electron chi connectivity index (χ1n) is 6.13. The van der Waals surface area contributed by atoms with Gasteiger partial charge in [0, 0.05) is 5.69 Å². The summed E-state index contributed by atoms with van der Waals surface area (Å²) in [5, 5.41) is 3.94. The molecule has 0 radical (unpaired) electrons. The van der Waals surface area contributed by atoms with Gasteiger partial charge in [-0.15, -0.1) is 0 Å². The number of carbonyl (C=O) groups is 1. The second-order valence-corrected chi connectivity index (χ2v) is 5.85. The van der Waals surface area contributed by atoms with E-state index in [1.165, 1.54) is 24.0 Å². The summed E-state index contributed by atoms with van der Waals surface area (Å²) in [6.07, 6.45) is 0. The number of halogens is 1. The smallest absolute Gasteiger partial charge is 0.351 e. The monoisotopic (exact) mass is 310 g/mol. The molecule has 0 saturated carbocycles. The number of carbonyl (C=O) groups excluding carboxylic acids is 1. The first-order valence-corrected chi connectivity index (χ1v) is 7.33. The summed E-state index contributed by atoms with van der Waals surface area (Å²) in [5.74, 6) is -0.0908. The second kappa shape index (κ2) is 6.24. The number of rotatable bonds is 4. The Bertz CT molecular complexity index is 625. The lowest BCUT2D eigenvalue weighted by atomic mass is 10.0. The van der Waals surface area contributed by atoms with Crippen molar-refractivity contribution in [3.63, 3.8) is 0 Å². The van der Waals surface area contributed by atoms with Crippen LogP contribution in [0.25, 0.3) is 0 Å². The zero-order chi connectivity index (χ0) is 14.7. The molecule has 0 saturated heterocycles. The fourth-order valence-corrected chi connectivity index (χ4v) is 2.92. The number of nitrogens with zero attached hydrogens (tertiary/aromatic N) is 1. The van der Waals surface area contributed by atoms with Crippen molar-refractivity contribution in [2.45, 2.75) is 19.8 Å². The molecule has 2 rings (SSSR count). The molecular formula is C14H15ClN2O2S. The molecule has 1 heterocycles. The molecule has 0 aliphatic rings. The maximum Gasteiger partial charge on any atom is 0.351 e. The highest BCUT2D eigenvalue weighted by Crippen LogP contribution is 2.32. The Hall–Kier alpha value is -1.59. The lowest BCUT2D eigenvalue weighted by molar-refractivity contribution is 0.0606. The van der Waals surface area contributed by atoms with E-state index in [1.807, 2.05) is 18.2 Å². The number of anilines is 2. The molecule has 1 aromatic heterocycles. The molecule has 4 nitrogen and oxygen atoms in total. The molecule has 0 amide bonds. The number of para-hydroxylation sites is 1. The minimum atomic E-state index is -0.474. The van der Waals surface area contributed by atoms with Gasteiger partial charge in [0.05, 0.1) is 7.11 Å². The highest BCUT2D eigenvalue weighted by molar-refractivity contribution is 7.18. The van der Waals surface area contributed by atoms with Crippen molar-refractivity contribution >= 4 is 39.7 Å². The van der Waals surface area contributed by atoms with Crippen LogP contribution in [0.5, 0.6) is 0 Å². The number of methoxy groups -OCH3 is 1. The third kappa shape index (κ3) is 3.11. The Morgan fingerprint density at radius 3 is 2.75 bits per heavy atom. The fraction of sp³-hybridized carbons (Fsp3) is 0.286. The zero-order valence-corrected chi connectivity index (χ0v) is 13.0.